The van der Waals surface area contributed by atoms with E-state index in [0.717, 1.165) is 87.8 Å². The summed E-state index contributed by atoms with van der Waals surface area (Å²) in [6.07, 6.45) is 6.18. The summed E-state index contributed by atoms with van der Waals surface area (Å²) in [4.78, 5) is 76.1. The van der Waals surface area contributed by atoms with Crippen LogP contribution in [0.4, 0.5) is 17.2 Å². The van der Waals surface area contributed by atoms with Crippen molar-refractivity contribution in [3.05, 3.63) is 76.4 Å². The standard InChI is InChI=1S/C41H43ClN8O6/c42-34-21-31(6-2-27(34)22-43)56-30-5-1-26(19-30)38(52)45-36-9-4-29(23-44-36)48-13-11-25(12-14-48)24-47-15-17-49(18-16-47)28-3-7-32-33(20-28)41(55)50(40(32)54)35-8-10-37(51)46-39(35)53/h2-4,6-7,9,20-21,23,25-26,30,35H,1,5,8,10-19,24H2,(H,44,45,52)(H,46,51,53)/t26-,30-,35?/m0/s1. The van der Waals surface area contributed by atoms with E-state index in [1.807, 2.05) is 30.5 Å². The van der Waals surface area contributed by atoms with Crippen molar-refractivity contribution in [2.45, 2.75) is 57.1 Å². The lowest BCUT2D eigenvalue weighted by Gasteiger charge is -2.40. The SMILES string of the molecule is N#Cc1ccc(O[C@H]2CC[C@H](C(=O)Nc3ccc(N4CCC(CN5CCN(c6ccc7c(c6)C(=O)N(C6CCC(=O)NC6=O)C7=O)CC5)CC4)cn3)C2)cc1Cl. The van der Waals surface area contributed by atoms with Gasteiger partial charge in [0.15, 0.2) is 0 Å². The van der Waals surface area contributed by atoms with Gasteiger partial charge in [-0.05, 0) is 86.9 Å². The molecule has 5 heterocycles. The van der Waals surface area contributed by atoms with Crippen LogP contribution < -0.4 is 25.2 Å². The summed E-state index contributed by atoms with van der Waals surface area (Å²) in [5.74, 6) is -0.506. The van der Waals surface area contributed by atoms with E-state index in [9.17, 15) is 24.0 Å². The number of ether oxygens (including phenoxy) is 1. The van der Waals surface area contributed by atoms with Crippen molar-refractivity contribution in [3.63, 3.8) is 0 Å². The van der Waals surface area contributed by atoms with Gasteiger partial charge < -0.3 is 19.9 Å². The van der Waals surface area contributed by atoms with Gasteiger partial charge in [0, 0.05) is 69.9 Å². The number of hydrogen-bond donors (Lipinski definition) is 2. The molecule has 1 unspecified atom stereocenters. The number of fused-ring (bicyclic) bond motifs is 1. The number of piperazine rings is 1. The third-order valence-corrected chi connectivity index (χ3v) is 12.1. The smallest absolute Gasteiger partial charge is 0.262 e. The molecule has 2 aromatic carbocycles. The average Bonchev–Trinajstić information content (AvgIpc) is 3.77. The van der Waals surface area contributed by atoms with Crippen LogP contribution in [-0.4, -0.2) is 102 Å². The van der Waals surface area contributed by atoms with Gasteiger partial charge in [-0.25, -0.2) is 4.98 Å². The maximum Gasteiger partial charge on any atom is 0.262 e. The van der Waals surface area contributed by atoms with Crippen molar-refractivity contribution in [1.82, 2.24) is 20.1 Å². The molecule has 3 atom stereocenters. The molecule has 56 heavy (non-hydrogen) atoms. The van der Waals surface area contributed by atoms with E-state index in [-0.39, 0.29) is 30.8 Å². The van der Waals surface area contributed by atoms with Gasteiger partial charge >= 0.3 is 0 Å². The van der Waals surface area contributed by atoms with E-state index >= 15 is 0 Å². The summed E-state index contributed by atoms with van der Waals surface area (Å²) < 4.78 is 6.05. The van der Waals surface area contributed by atoms with Crippen LogP contribution in [0.1, 0.15) is 71.2 Å². The molecular formula is C41H43ClN8O6. The van der Waals surface area contributed by atoms with Gasteiger partial charge in [-0.3, -0.25) is 39.1 Å². The third kappa shape index (κ3) is 7.79. The zero-order chi connectivity index (χ0) is 38.9. The highest BCUT2D eigenvalue weighted by Crippen LogP contribution is 2.34. The van der Waals surface area contributed by atoms with Crippen molar-refractivity contribution in [2.24, 2.45) is 11.8 Å². The van der Waals surface area contributed by atoms with Gasteiger partial charge in [0.1, 0.15) is 23.7 Å². The van der Waals surface area contributed by atoms with E-state index in [1.54, 1.807) is 30.3 Å². The summed E-state index contributed by atoms with van der Waals surface area (Å²) >= 11 is 6.14. The number of imide groups is 2. The molecule has 0 spiro atoms. The van der Waals surface area contributed by atoms with Crippen molar-refractivity contribution < 1.29 is 28.7 Å². The van der Waals surface area contributed by atoms with Gasteiger partial charge in [-0.2, -0.15) is 5.26 Å². The monoisotopic (exact) mass is 778 g/mol. The van der Waals surface area contributed by atoms with Crippen molar-refractivity contribution in [2.75, 3.05) is 60.9 Å². The predicted octanol–water partition coefficient (Wildman–Crippen LogP) is 4.23. The number of carbonyl (C=O) groups excluding carboxylic acids is 5. The minimum absolute atomic E-state index is 0.0619. The van der Waals surface area contributed by atoms with Crippen LogP contribution in [0, 0.1) is 23.2 Å². The van der Waals surface area contributed by atoms with Crippen molar-refractivity contribution in [1.29, 1.82) is 5.26 Å². The molecule has 15 heteroatoms. The fourth-order valence-electron chi connectivity index (χ4n) is 8.60. The Hall–Kier alpha value is -5.52. The molecule has 1 aromatic heterocycles. The molecule has 1 aliphatic carbocycles. The van der Waals surface area contributed by atoms with Crippen LogP contribution >= 0.6 is 11.6 Å². The Morgan fingerprint density at radius 2 is 1.62 bits per heavy atom. The number of hydrogen-bond acceptors (Lipinski definition) is 11. The molecule has 5 amide bonds. The highest BCUT2D eigenvalue weighted by Gasteiger charge is 2.45. The Kier molecular flexibility index (Phi) is 10.6. The maximum absolute atomic E-state index is 13.3. The van der Waals surface area contributed by atoms with Crippen LogP contribution in [0.3, 0.4) is 0 Å². The molecule has 0 radical (unpaired) electrons. The first-order valence-electron chi connectivity index (χ1n) is 19.3. The molecule has 3 aromatic rings. The number of carbonyl (C=O) groups is 5. The van der Waals surface area contributed by atoms with Crippen LogP contribution in [0.2, 0.25) is 5.02 Å². The molecule has 3 saturated heterocycles. The molecule has 290 valence electrons. The quantitative estimate of drug-likeness (QED) is 0.299. The Morgan fingerprint density at radius 1 is 0.875 bits per heavy atom. The van der Waals surface area contributed by atoms with E-state index in [4.69, 9.17) is 21.6 Å². The Labute approximate surface area is 329 Å². The highest BCUT2D eigenvalue weighted by atomic mass is 35.5. The molecule has 5 aliphatic rings. The van der Waals surface area contributed by atoms with Crippen LogP contribution in [-0.2, 0) is 14.4 Å². The summed E-state index contributed by atoms with van der Waals surface area (Å²) in [6.45, 7) is 6.28. The van der Waals surface area contributed by atoms with E-state index < -0.39 is 29.7 Å². The fourth-order valence-corrected chi connectivity index (χ4v) is 8.81. The topological polar surface area (TPSA) is 168 Å². The lowest BCUT2D eigenvalue weighted by Crippen LogP contribution is -2.54. The lowest BCUT2D eigenvalue weighted by molar-refractivity contribution is -0.136. The normalized spacial score (nSPS) is 23.2. The first-order valence-corrected chi connectivity index (χ1v) is 19.7. The van der Waals surface area contributed by atoms with Crippen molar-refractivity contribution in [3.8, 4) is 11.8 Å². The molecule has 14 nitrogen and oxygen atoms in total. The van der Waals surface area contributed by atoms with Gasteiger partial charge in [-0.15, -0.1) is 0 Å². The zero-order valence-corrected chi connectivity index (χ0v) is 31.7. The number of piperidine rings is 2. The first-order chi connectivity index (χ1) is 27.1. The number of nitriles is 1. The number of pyridine rings is 1. The second-order valence-corrected chi connectivity index (χ2v) is 15.7. The molecule has 4 aliphatic heterocycles. The predicted molar refractivity (Wildman–Crippen MR) is 207 cm³/mol. The summed E-state index contributed by atoms with van der Waals surface area (Å²) in [5, 5.41) is 14.7. The highest BCUT2D eigenvalue weighted by molar-refractivity contribution is 6.31. The van der Waals surface area contributed by atoms with Crippen LogP contribution in [0.5, 0.6) is 5.75 Å². The first kappa shape index (κ1) is 37.4. The maximum atomic E-state index is 13.3. The molecule has 0 bridgehead atoms. The third-order valence-electron chi connectivity index (χ3n) is 11.8. The van der Waals surface area contributed by atoms with E-state index in [1.165, 1.54) is 0 Å². The summed E-state index contributed by atoms with van der Waals surface area (Å²) in [5.41, 5.74) is 2.92. The number of halogens is 1. The van der Waals surface area contributed by atoms with E-state index in [2.05, 4.69) is 30.3 Å². The van der Waals surface area contributed by atoms with Gasteiger partial charge in [-0.1, -0.05) is 11.6 Å². The molecule has 2 N–H and O–H groups in total. The average molecular weight is 779 g/mol. The summed E-state index contributed by atoms with van der Waals surface area (Å²) in [7, 11) is 0. The van der Waals surface area contributed by atoms with Crippen LogP contribution in [0.25, 0.3) is 0 Å². The largest absolute Gasteiger partial charge is 0.490 e. The minimum atomic E-state index is -0.974. The molecular weight excluding hydrogens is 736 g/mol. The zero-order valence-electron chi connectivity index (χ0n) is 30.9. The van der Waals surface area contributed by atoms with Crippen molar-refractivity contribution >= 4 is 58.3 Å². The Balaban J connectivity index is 0.762. The number of nitrogens with zero attached hydrogens (tertiary/aromatic N) is 6. The molecule has 1 saturated carbocycles. The van der Waals surface area contributed by atoms with Gasteiger partial charge in [0.25, 0.3) is 11.8 Å². The molecule has 8 rings (SSSR count). The second kappa shape index (κ2) is 15.9. The Morgan fingerprint density at radius 3 is 2.34 bits per heavy atom. The van der Waals surface area contributed by atoms with Gasteiger partial charge in [0.2, 0.25) is 17.7 Å². The Bertz CT molecular complexity index is 2090. The molecule has 4 fully saturated rings. The second-order valence-electron chi connectivity index (χ2n) is 15.3. The fraction of sp³-hybridized carbons (Fsp3) is 0.439. The number of anilines is 3. The number of aromatic nitrogens is 1. The number of benzene rings is 2. The minimum Gasteiger partial charge on any atom is -0.490 e. The van der Waals surface area contributed by atoms with Gasteiger partial charge in [0.05, 0.1) is 39.7 Å². The number of nitrogens with one attached hydrogen (secondary N) is 2. The summed E-state index contributed by atoms with van der Waals surface area (Å²) in [6, 6.07) is 15.3. The van der Waals surface area contributed by atoms with E-state index in [0.29, 0.717) is 45.6 Å². The van der Waals surface area contributed by atoms with Crippen LogP contribution in [0.15, 0.2) is 54.7 Å². The number of rotatable bonds is 9. The lowest BCUT2D eigenvalue weighted by atomic mass is 9.95. The number of amides is 5.